The van der Waals surface area contributed by atoms with Crippen LogP contribution in [0.2, 0.25) is 0 Å². The minimum absolute atomic E-state index is 0.000390. The molecule has 2 amide bonds. The summed E-state index contributed by atoms with van der Waals surface area (Å²) in [6.07, 6.45) is 4.49. The summed E-state index contributed by atoms with van der Waals surface area (Å²) in [7, 11) is 0. The lowest BCUT2D eigenvalue weighted by molar-refractivity contribution is -0.117. The van der Waals surface area contributed by atoms with Crippen molar-refractivity contribution in [2.45, 2.75) is 31.8 Å². The summed E-state index contributed by atoms with van der Waals surface area (Å²) in [6, 6.07) is 11.2. The van der Waals surface area contributed by atoms with E-state index in [1.165, 1.54) is 18.3 Å². The van der Waals surface area contributed by atoms with Gasteiger partial charge in [-0.3, -0.25) is 14.3 Å². The van der Waals surface area contributed by atoms with Gasteiger partial charge in [0, 0.05) is 24.0 Å². The Morgan fingerprint density at radius 1 is 1.14 bits per heavy atom. The minimum Gasteiger partial charge on any atom is -0.383 e. The molecule has 4 N–H and O–H groups in total. The zero-order valence-electron chi connectivity index (χ0n) is 19.3. The maximum Gasteiger partial charge on any atom is 0.296 e. The van der Waals surface area contributed by atoms with Crippen LogP contribution in [-0.2, 0) is 4.79 Å². The number of hydrogen-bond acceptors (Lipinski definition) is 6. The van der Waals surface area contributed by atoms with Crippen molar-refractivity contribution in [1.82, 2.24) is 25.1 Å². The van der Waals surface area contributed by atoms with Crippen molar-refractivity contribution in [2.24, 2.45) is 0 Å². The van der Waals surface area contributed by atoms with Crippen LogP contribution in [0.3, 0.4) is 0 Å². The molecule has 180 valence electrons. The van der Waals surface area contributed by atoms with Gasteiger partial charge in [0.05, 0.1) is 22.5 Å². The van der Waals surface area contributed by atoms with E-state index in [4.69, 9.17) is 10.8 Å². The lowest BCUT2D eigenvalue weighted by atomic mass is 9.86. The van der Waals surface area contributed by atoms with Crippen LogP contribution in [0.4, 0.5) is 16.0 Å². The Morgan fingerprint density at radius 3 is 2.69 bits per heavy atom. The number of aromatic nitrogens is 4. The molecule has 1 aliphatic rings. The Kier molecular flexibility index (Phi) is 6.04. The molecule has 10 heteroatoms. The molecule has 9 nitrogen and oxygen atoms in total. The number of fused-ring (bicyclic) bond motifs is 1. The summed E-state index contributed by atoms with van der Waals surface area (Å²) in [5.41, 5.74) is 7.77. The average Bonchev–Trinajstić information content (AvgIpc) is 3.22. The minimum atomic E-state index is -0.699. The Labute approximate surface area is 205 Å². The molecule has 1 fully saturated rings. The Balaban J connectivity index is 1.43. The van der Waals surface area contributed by atoms with E-state index in [1.807, 2.05) is 10.7 Å². The molecule has 0 atom stereocenters. The summed E-state index contributed by atoms with van der Waals surface area (Å²) in [5.74, 6) is 4.05. The van der Waals surface area contributed by atoms with E-state index in [9.17, 15) is 9.59 Å². The van der Waals surface area contributed by atoms with Crippen LogP contribution in [0.5, 0.6) is 0 Å². The largest absolute Gasteiger partial charge is 0.383 e. The molecule has 0 spiro atoms. The second kappa shape index (κ2) is 9.46. The van der Waals surface area contributed by atoms with E-state index in [2.05, 4.69) is 32.4 Å². The summed E-state index contributed by atoms with van der Waals surface area (Å²) >= 11 is 0. The number of carbonyl (C=O) groups is 2. The van der Waals surface area contributed by atoms with Gasteiger partial charge >= 0.3 is 0 Å². The Hall–Kier alpha value is -4.78. The standard InChI is InChI=1S/C26H22FN7O2/c1-2-5-22(35)31-16-13-17(14-16)34-20-9-11-30-25(28)23(20)24(33-34)15-7-8-18(19(27)12-15)26(36)32-21-6-3-4-10-29-21/h3-4,6-12,16-17H,13-14H2,1H3,(H2,28,30)(H,31,35)(H,29,32,36)/t16-,17+. The number of rotatable bonds is 5. The SMILES string of the molecule is CC#CC(=O)N[C@H]1C[C@@H](n2nc(-c3ccc(C(=O)Nc4ccccn4)c(F)c3)c3c(N)nccc32)C1. The molecule has 1 saturated carbocycles. The highest BCUT2D eigenvalue weighted by Gasteiger charge is 2.34. The predicted octanol–water partition coefficient (Wildman–Crippen LogP) is 3.31. The number of halogens is 1. The first-order valence-electron chi connectivity index (χ1n) is 11.3. The highest BCUT2D eigenvalue weighted by atomic mass is 19.1. The topological polar surface area (TPSA) is 128 Å². The van der Waals surface area contributed by atoms with Crippen molar-refractivity contribution in [1.29, 1.82) is 0 Å². The third kappa shape index (κ3) is 4.34. The lowest BCUT2D eigenvalue weighted by Crippen LogP contribution is -2.44. The molecule has 36 heavy (non-hydrogen) atoms. The van der Waals surface area contributed by atoms with Crippen LogP contribution in [0.1, 0.15) is 36.2 Å². The number of nitrogens with one attached hydrogen (secondary N) is 2. The van der Waals surface area contributed by atoms with Gasteiger partial charge < -0.3 is 16.4 Å². The van der Waals surface area contributed by atoms with Crippen molar-refractivity contribution in [3.8, 4) is 23.1 Å². The van der Waals surface area contributed by atoms with E-state index in [1.54, 1.807) is 37.4 Å². The molecule has 1 aromatic carbocycles. The lowest BCUT2D eigenvalue weighted by Gasteiger charge is -2.35. The third-order valence-electron chi connectivity index (χ3n) is 6.08. The molecule has 0 radical (unpaired) electrons. The van der Waals surface area contributed by atoms with Crippen molar-refractivity contribution in [3.05, 3.63) is 66.2 Å². The summed E-state index contributed by atoms with van der Waals surface area (Å²) in [6.45, 7) is 1.61. The molecule has 3 heterocycles. The highest BCUT2D eigenvalue weighted by molar-refractivity contribution is 6.05. The van der Waals surface area contributed by atoms with Gasteiger partial charge in [-0.05, 0) is 56.0 Å². The van der Waals surface area contributed by atoms with Gasteiger partial charge in [0.1, 0.15) is 23.1 Å². The average molecular weight is 484 g/mol. The second-order valence-electron chi connectivity index (χ2n) is 8.42. The maximum absolute atomic E-state index is 15.1. The van der Waals surface area contributed by atoms with Crippen molar-refractivity contribution < 1.29 is 14.0 Å². The summed E-state index contributed by atoms with van der Waals surface area (Å²) in [5, 5.41) is 10.8. The molecule has 4 aromatic rings. The van der Waals surface area contributed by atoms with E-state index in [0.717, 1.165) is 5.52 Å². The molecule has 0 saturated heterocycles. The van der Waals surface area contributed by atoms with E-state index < -0.39 is 11.7 Å². The first-order valence-corrected chi connectivity index (χ1v) is 11.3. The molecule has 0 bridgehead atoms. The molecular formula is C26H22FN7O2. The Morgan fingerprint density at radius 2 is 1.97 bits per heavy atom. The number of amides is 2. The fourth-order valence-electron chi connectivity index (χ4n) is 4.30. The molecular weight excluding hydrogens is 461 g/mol. The quantitative estimate of drug-likeness (QED) is 0.374. The third-order valence-corrected chi connectivity index (χ3v) is 6.08. The van der Waals surface area contributed by atoms with Crippen molar-refractivity contribution in [3.63, 3.8) is 0 Å². The van der Waals surface area contributed by atoms with Gasteiger partial charge in [0.25, 0.3) is 11.8 Å². The number of hydrogen-bond donors (Lipinski definition) is 3. The van der Waals surface area contributed by atoms with Gasteiger partial charge in [-0.15, -0.1) is 0 Å². The van der Waals surface area contributed by atoms with Gasteiger partial charge in [0.2, 0.25) is 0 Å². The number of benzene rings is 1. The number of nitrogens with two attached hydrogens (primary N) is 1. The fourth-order valence-corrected chi connectivity index (χ4v) is 4.30. The molecule has 3 aromatic heterocycles. The fraction of sp³-hybridized carbons (Fsp3) is 0.192. The number of carbonyl (C=O) groups excluding carboxylic acids is 2. The van der Waals surface area contributed by atoms with E-state index >= 15 is 4.39 Å². The van der Waals surface area contributed by atoms with Crippen molar-refractivity contribution in [2.75, 3.05) is 11.1 Å². The number of pyridine rings is 2. The number of anilines is 2. The van der Waals surface area contributed by atoms with Crippen LogP contribution < -0.4 is 16.4 Å². The van der Waals surface area contributed by atoms with E-state index in [-0.39, 0.29) is 29.4 Å². The van der Waals surface area contributed by atoms with Crippen LogP contribution in [0.25, 0.3) is 22.2 Å². The smallest absolute Gasteiger partial charge is 0.296 e. The first kappa shape index (κ1) is 23.0. The predicted molar refractivity (Wildman–Crippen MR) is 133 cm³/mol. The molecule has 1 aliphatic carbocycles. The molecule has 5 rings (SSSR count). The second-order valence-corrected chi connectivity index (χ2v) is 8.42. The van der Waals surface area contributed by atoms with Crippen molar-refractivity contribution >= 4 is 34.4 Å². The molecule has 0 aliphatic heterocycles. The van der Waals surface area contributed by atoms with Gasteiger partial charge in [-0.25, -0.2) is 14.4 Å². The van der Waals surface area contributed by atoms with Crippen LogP contribution >= 0.6 is 0 Å². The Bertz CT molecular complexity index is 1530. The zero-order chi connectivity index (χ0) is 25.2. The summed E-state index contributed by atoms with van der Waals surface area (Å²) < 4.78 is 16.9. The highest BCUT2D eigenvalue weighted by Crippen LogP contribution is 2.39. The number of nitrogen functional groups attached to an aromatic ring is 1. The van der Waals surface area contributed by atoms with Crippen LogP contribution in [0.15, 0.2) is 54.9 Å². The van der Waals surface area contributed by atoms with Gasteiger partial charge in [0.15, 0.2) is 0 Å². The molecule has 0 unspecified atom stereocenters. The normalized spacial score (nSPS) is 16.5. The van der Waals surface area contributed by atoms with E-state index in [0.29, 0.717) is 35.3 Å². The number of nitrogens with zero attached hydrogens (tertiary/aromatic N) is 4. The van der Waals surface area contributed by atoms with Gasteiger partial charge in [-0.1, -0.05) is 18.1 Å². The monoisotopic (exact) mass is 483 g/mol. The van der Waals surface area contributed by atoms with Gasteiger partial charge in [-0.2, -0.15) is 5.10 Å². The maximum atomic E-state index is 15.1. The van der Waals surface area contributed by atoms with Crippen LogP contribution in [0, 0.1) is 17.7 Å². The van der Waals surface area contributed by atoms with Crippen LogP contribution in [-0.4, -0.2) is 37.6 Å². The zero-order valence-corrected chi connectivity index (χ0v) is 19.3. The summed E-state index contributed by atoms with van der Waals surface area (Å²) in [4.78, 5) is 32.5. The first-order chi connectivity index (χ1) is 17.4.